The number of ether oxygens (including phenoxy) is 1. The number of rotatable bonds is 2. The van der Waals surface area contributed by atoms with Crippen molar-refractivity contribution in [2.24, 2.45) is 0 Å². The molecule has 8 heteroatoms. The third-order valence-electron chi connectivity index (χ3n) is 2.74. The van der Waals surface area contributed by atoms with Gasteiger partial charge in [-0.05, 0) is 18.2 Å². The van der Waals surface area contributed by atoms with Crippen molar-refractivity contribution in [3.63, 3.8) is 0 Å². The summed E-state index contributed by atoms with van der Waals surface area (Å²) in [6.07, 6.45) is 0. The maximum atomic E-state index is 11.1. The molecule has 3 rings (SSSR count). The molecular formula is C11H7BrClNO4S. The second-order valence-electron chi connectivity index (χ2n) is 4.05. The summed E-state index contributed by atoms with van der Waals surface area (Å²) in [6.45, 7) is 0.217. The molecule has 0 atom stereocenters. The second-order valence-corrected chi connectivity index (χ2v) is 7.74. The van der Waals surface area contributed by atoms with Gasteiger partial charge in [0.2, 0.25) is 9.05 Å². The Morgan fingerprint density at radius 2 is 2.21 bits per heavy atom. The zero-order valence-corrected chi connectivity index (χ0v) is 12.5. The Morgan fingerprint density at radius 1 is 1.42 bits per heavy atom. The molecule has 0 saturated carbocycles. The topological polar surface area (TPSA) is 69.4 Å². The molecule has 0 aliphatic carbocycles. The standard InChI is InChI=1S/C11H7BrClNO4S/c12-6-1-2-10-7(3-6)11-8(4-17-10)9(14-18-11)5-19(13,15)16/h1-3H,4-5H2. The third kappa shape index (κ3) is 2.50. The van der Waals surface area contributed by atoms with Gasteiger partial charge in [0.25, 0.3) is 0 Å². The minimum Gasteiger partial charge on any atom is -0.488 e. The molecule has 0 fully saturated rings. The van der Waals surface area contributed by atoms with Gasteiger partial charge in [-0.25, -0.2) is 8.42 Å². The van der Waals surface area contributed by atoms with E-state index < -0.39 is 9.05 Å². The monoisotopic (exact) mass is 363 g/mol. The number of halogens is 2. The number of hydrogen-bond acceptors (Lipinski definition) is 5. The minimum absolute atomic E-state index is 0.217. The summed E-state index contributed by atoms with van der Waals surface area (Å²) in [4.78, 5) is 0. The molecular weight excluding hydrogens is 358 g/mol. The van der Waals surface area contributed by atoms with Gasteiger partial charge in [-0.3, -0.25) is 0 Å². The lowest BCUT2D eigenvalue weighted by Crippen LogP contribution is -2.07. The summed E-state index contributed by atoms with van der Waals surface area (Å²) in [5.74, 6) is 0.824. The highest BCUT2D eigenvalue weighted by Gasteiger charge is 2.27. The Balaban J connectivity index is 2.11. The van der Waals surface area contributed by atoms with E-state index >= 15 is 0 Å². The fourth-order valence-electron chi connectivity index (χ4n) is 1.93. The van der Waals surface area contributed by atoms with E-state index in [1.165, 1.54) is 0 Å². The van der Waals surface area contributed by atoms with E-state index in [2.05, 4.69) is 21.1 Å². The van der Waals surface area contributed by atoms with Crippen molar-refractivity contribution in [2.45, 2.75) is 12.4 Å². The van der Waals surface area contributed by atoms with E-state index in [1.54, 1.807) is 0 Å². The van der Waals surface area contributed by atoms with Gasteiger partial charge < -0.3 is 9.26 Å². The minimum atomic E-state index is -3.68. The van der Waals surface area contributed by atoms with Gasteiger partial charge in [0, 0.05) is 15.2 Å². The lowest BCUT2D eigenvalue weighted by Gasteiger charge is -2.16. The van der Waals surface area contributed by atoms with Crippen molar-refractivity contribution < 1.29 is 17.7 Å². The van der Waals surface area contributed by atoms with Gasteiger partial charge in [0.1, 0.15) is 23.8 Å². The van der Waals surface area contributed by atoms with Gasteiger partial charge in [-0.2, -0.15) is 0 Å². The van der Waals surface area contributed by atoms with Gasteiger partial charge in [0.05, 0.1) is 11.1 Å². The molecule has 5 nitrogen and oxygen atoms in total. The second kappa shape index (κ2) is 4.50. The average Bonchev–Trinajstić information content (AvgIpc) is 2.70. The van der Waals surface area contributed by atoms with Gasteiger partial charge >= 0.3 is 0 Å². The van der Waals surface area contributed by atoms with Crippen LogP contribution in [0.4, 0.5) is 0 Å². The molecule has 0 spiro atoms. The summed E-state index contributed by atoms with van der Waals surface area (Å²) in [7, 11) is 1.55. The first-order valence-corrected chi connectivity index (χ1v) is 8.53. The van der Waals surface area contributed by atoms with E-state index in [-0.39, 0.29) is 18.1 Å². The Labute approximate surface area is 122 Å². The molecule has 0 amide bonds. The SMILES string of the molecule is O=S(=O)(Cl)Cc1noc2c1COc1ccc(Br)cc1-2. The van der Waals surface area contributed by atoms with Crippen LogP contribution in [-0.2, 0) is 21.4 Å². The molecule has 100 valence electrons. The van der Waals surface area contributed by atoms with Crippen molar-refractivity contribution in [1.29, 1.82) is 0 Å². The number of hydrogen-bond donors (Lipinski definition) is 0. The maximum Gasteiger partial charge on any atom is 0.238 e. The van der Waals surface area contributed by atoms with Crippen LogP contribution in [-0.4, -0.2) is 13.6 Å². The number of aromatic nitrogens is 1. The number of benzene rings is 1. The first-order valence-electron chi connectivity index (χ1n) is 5.26. The van der Waals surface area contributed by atoms with Crippen LogP contribution >= 0.6 is 26.6 Å². The molecule has 0 radical (unpaired) electrons. The van der Waals surface area contributed by atoms with Crippen LogP contribution in [0.1, 0.15) is 11.3 Å². The Bertz CT molecular complexity index is 756. The van der Waals surface area contributed by atoms with Crippen molar-refractivity contribution in [3.05, 3.63) is 33.9 Å². The lowest BCUT2D eigenvalue weighted by atomic mass is 10.0. The fraction of sp³-hybridized carbons (Fsp3) is 0.182. The predicted octanol–water partition coefficient (Wildman–Crippen LogP) is 3.07. The summed E-state index contributed by atoms with van der Waals surface area (Å²) < 4.78 is 33.9. The van der Waals surface area contributed by atoms with Gasteiger partial charge in [-0.1, -0.05) is 21.1 Å². The first-order chi connectivity index (χ1) is 8.94. The molecule has 1 aliphatic heterocycles. The van der Waals surface area contributed by atoms with Gasteiger partial charge in [0.15, 0.2) is 5.76 Å². The first kappa shape index (κ1) is 13.0. The highest BCUT2D eigenvalue weighted by Crippen LogP contribution is 2.40. The molecule has 1 aromatic heterocycles. The maximum absolute atomic E-state index is 11.1. The Hall–Kier alpha value is -1.05. The Morgan fingerprint density at radius 3 is 2.95 bits per heavy atom. The van der Waals surface area contributed by atoms with Crippen molar-refractivity contribution in [1.82, 2.24) is 5.16 Å². The zero-order valence-electron chi connectivity index (χ0n) is 9.39. The van der Waals surface area contributed by atoms with E-state index in [4.69, 9.17) is 19.9 Å². The van der Waals surface area contributed by atoms with Crippen LogP contribution in [0.5, 0.6) is 5.75 Å². The quantitative estimate of drug-likeness (QED) is 0.766. The highest BCUT2D eigenvalue weighted by atomic mass is 79.9. The smallest absolute Gasteiger partial charge is 0.238 e. The van der Waals surface area contributed by atoms with Crippen molar-refractivity contribution >= 4 is 35.7 Å². The van der Waals surface area contributed by atoms with Crippen LogP contribution in [0.2, 0.25) is 0 Å². The highest BCUT2D eigenvalue weighted by molar-refractivity contribution is 9.10. The van der Waals surface area contributed by atoms with Crippen LogP contribution in [0.25, 0.3) is 11.3 Å². The molecule has 1 aromatic carbocycles. The van der Waals surface area contributed by atoms with Crippen molar-refractivity contribution in [2.75, 3.05) is 0 Å². The predicted molar refractivity (Wildman–Crippen MR) is 72.4 cm³/mol. The van der Waals surface area contributed by atoms with Gasteiger partial charge in [-0.15, -0.1) is 0 Å². The number of fused-ring (bicyclic) bond motifs is 3. The molecule has 1 aliphatic rings. The molecule has 2 heterocycles. The van der Waals surface area contributed by atoms with Crippen LogP contribution in [0, 0.1) is 0 Å². The van der Waals surface area contributed by atoms with E-state index in [0.29, 0.717) is 17.1 Å². The van der Waals surface area contributed by atoms with E-state index in [1.807, 2.05) is 18.2 Å². The largest absolute Gasteiger partial charge is 0.488 e. The lowest BCUT2D eigenvalue weighted by molar-refractivity contribution is 0.297. The average molecular weight is 365 g/mol. The van der Waals surface area contributed by atoms with E-state index in [0.717, 1.165) is 10.0 Å². The number of nitrogens with zero attached hydrogens (tertiary/aromatic N) is 1. The zero-order chi connectivity index (χ0) is 13.6. The normalized spacial score (nSPS) is 13.6. The molecule has 19 heavy (non-hydrogen) atoms. The molecule has 0 N–H and O–H groups in total. The Kier molecular flexibility index (Phi) is 3.07. The van der Waals surface area contributed by atoms with Crippen LogP contribution < -0.4 is 4.74 Å². The third-order valence-corrected chi connectivity index (χ3v) is 4.18. The summed E-state index contributed by atoms with van der Waals surface area (Å²) >= 11 is 3.36. The molecule has 0 bridgehead atoms. The van der Waals surface area contributed by atoms with E-state index in [9.17, 15) is 8.42 Å². The van der Waals surface area contributed by atoms with Crippen LogP contribution in [0.3, 0.4) is 0 Å². The summed E-state index contributed by atoms with van der Waals surface area (Å²) in [6, 6.07) is 5.49. The summed E-state index contributed by atoms with van der Waals surface area (Å²) in [5, 5.41) is 3.78. The molecule has 2 aromatic rings. The molecule has 0 unspecified atom stereocenters. The molecule has 0 saturated heterocycles. The fourth-order valence-corrected chi connectivity index (χ4v) is 3.16. The van der Waals surface area contributed by atoms with Crippen LogP contribution in [0.15, 0.2) is 27.2 Å². The summed E-state index contributed by atoms with van der Waals surface area (Å²) in [5.41, 5.74) is 1.65. The van der Waals surface area contributed by atoms with Crippen molar-refractivity contribution in [3.8, 4) is 17.1 Å².